The van der Waals surface area contributed by atoms with Crippen LogP contribution >= 0.6 is 0 Å². The van der Waals surface area contributed by atoms with E-state index in [0.29, 0.717) is 5.82 Å². The Morgan fingerprint density at radius 3 is 1.85 bits per heavy atom. The van der Waals surface area contributed by atoms with Gasteiger partial charge in [-0.05, 0) is 37.1 Å². The zero-order valence-corrected chi connectivity index (χ0v) is 14.7. The minimum absolute atomic E-state index is 0.708. The highest BCUT2D eigenvalue weighted by atomic mass is 15.0. The van der Waals surface area contributed by atoms with E-state index in [0.717, 1.165) is 39.6 Å². The summed E-state index contributed by atoms with van der Waals surface area (Å²) in [5, 5.41) is 0. The maximum absolute atomic E-state index is 4.52. The van der Waals surface area contributed by atoms with Gasteiger partial charge in [0.05, 0.1) is 5.69 Å². The van der Waals surface area contributed by atoms with Crippen LogP contribution in [0.25, 0.3) is 33.8 Å². The molecule has 0 radical (unpaired) electrons. The minimum atomic E-state index is 0.708. The topological polar surface area (TPSA) is 51.6 Å². The van der Waals surface area contributed by atoms with Gasteiger partial charge in [0.2, 0.25) is 0 Å². The lowest BCUT2D eigenvalue weighted by molar-refractivity contribution is 0.929. The number of pyridine rings is 1. The normalized spacial score (nSPS) is 10.7. The van der Waals surface area contributed by atoms with Gasteiger partial charge < -0.3 is 0 Å². The number of hydrogen-bond acceptors (Lipinski definition) is 4. The summed E-state index contributed by atoms with van der Waals surface area (Å²) < 4.78 is 0. The van der Waals surface area contributed by atoms with Crippen LogP contribution < -0.4 is 0 Å². The van der Waals surface area contributed by atoms with Gasteiger partial charge in [-0.1, -0.05) is 54.6 Å². The molecule has 4 aromatic rings. The summed E-state index contributed by atoms with van der Waals surface area (Å²) in [5.41, 5.74) is 5.29. The largest absolute Gasteiger partial charge is 0.256 e. The predicted octanol–water partition coefficient (Wildman–Crippen LogP) is 4.88. The number of nitrogens with zero attached hydrogens (tertiary/aromatic N) is 4. The zero-order valence-electron chi connectivity index (χ0n) is 14.7. The third kappa shape index (κ3) is 3.22. The Kier molecular flexibility index (Phi) is 4.23. The third-order valence-electron chi connectivity index (χ3n) is 4.18. The Morgan fingerprint density at radius 1 is 0.577 bits per heavy atom. The van der Waals surface area contributed by atoms with Crippen molar-refractivity contribution >= 4 is 0 Å². The highest BCUT2D eigenvalue weighted by Crippen LogP contribution is 2.31. The molecule has 4 rings (SSSR count). The van der Waals surface area contributed by atoms with Gasteiger partial charge in [-0.3, -0.25) is 4.98 Å². The molecule has 0 unspecified atom stereocenters. The first-order valence-corrected chi connectivity index (χ1v) is 8.51. The zero-order chi connectivity index (χ0) is 17.9. The molecule has 0 aliphatic rings. The van der Waals surface area contributed by atoms with Crippen molar-refractivity contribution in [2.75, 3.05) is 0 Å². The average Bonchev–Trinajstić information content (AvgIpc) is 2.68. The molecule has 4 nitrogen and oxygen atoms in total. The molecule has 2 aromatic heterocycles. The van der Waals surface area contributed by atoms with Gasteiger partial charge in [0, 0.05) is 17.3 Å². The first-order chi connectivity index (χ1) is 12.7. The molecule has 2 aromatic carbocycles. The van der Waals surface area contributed by atoms with Crippen LogP contribution in [-0.2, 0) is 0 Å². The standard InChI is InChI=1S/C22H18N4/c1-15-24-16(2)26-22(25-15)20-8-4-3-7-19(20)17-10-12-18(13-11-17)21-9-5-6-14-23-21/h3-14H,1-2H3. The fraction of sp³-hybridized carbons (Fsp3) is 0.0909. The van der Waals surface area contributed by atoms with Gasteiger partial charge >= 0.3 is 0 Å². The third-order valence-corrected chi connectivity index (χ3v) is 4.18. The SMILES string of the molecule is Cc1nc(C)nc(-c2ccccc2-c2ccc(-c3ccccn3)cc2)n1. The Morgan fingerprint density at radius 2 is 1.19 bits per heavy atom. The van der Waals surface area contributed by atoms with Gasteiger partial charge in [-0.25, -0.2) is 15.0 Å². The quantitative estimate of drug-likeness (QED) is 0.534. The van der Waals surface area contributed by atoms with E-state index in [1.807, 2.05) is 50.4 Å². The molecule has 0 bridgehead atoms. The number of benzene rings is 2. The van der Waals surface area contributed by atoms with E-state index in [2.05, 4.69) is 56.3 Å². The van der Waals surface area contributed by atoms with Crippen molar-refractivity contribution in [3.8, 4) is 33.8 Å². The Hall–Kier alpha value is -3.40. The maximum atomic E-state index is 4.52. The Balaban J connectivity index is 1.77. The predicted molar refractivity (Wildman–Crippen MR) is 103 cm³/mol. The first kappa shape index (κ1) is 16.1. The fourth-order valence-corrected chi connectivity index (χ4v) is 3.02. The van der Waals surface area contributed by atoms with Crippen LogP contribution in [0.15, 0.2) is 72.9 Å². The van der Waals surface area contributed by atoms with Crippen molar-refractivity contribution < 1.29 is 0 Å². The molecule has 0 amide bonds. The summed E-state index contributed by atoms with van der Waals surface area (Å²) in [6, 6.07) is 22.5. The monoisotopic (exact) mass is 338 g/mol. The number of aryl methyl sites for hydroxylation is 2. The highest BCUT2D eigenvalue weighted by Gasteiger charge is 2.11. The van der Waals surface area contributed by atoms with Gasteiger partial charge in [0.15, 0.2) is 5.82 Å². The number of rotatable bonds is 3. The number of hydrogen-bond donors (Lipinski definition) is 0. The average molecular weight is 338 g/mol. The van der Waals surface area contributed by atoms with Crippen LogP contribution in [0.2, 0.25) is 0 Å². The van der Waals surface area contributed by atoms with Crippen molar-refractivity contribution in [1.82, 2.24) is 19.9 Å². The van der Waals surface area contributed by atoms with Crippen molar-refractivity contribution in [1.29, 1.82) is 0 Å². The first-order valence-electron chi connectivity index (χ1n) is 8.51. The Labute approximate surface area is 152 Å². The molecule has 0 atom stereocenters. The second-order valence-electron chi connectivity index (χ2n) is 6.09. The summed E-state index contributed by atoms with van der Waals surface area (Å²) in [6.07, 6.45) is 1.81. The van der Waals surface area contributed by atoms with Crippen LogP contribution in [0.5, 0.6) is 0 Å². The van der Waals surface area contributed by atoms with E-state index in [4.69, 9.17) is 0 Å². The van der Waals surface area contributed by atoms with Crippen molar-refractivity contribution in [2.24, 2.45) is 0 Å². The molecular weight excluding hydrogens is 320 g/mol. The van der Waals surface area contributed by atoms with Crippen LogP contribution in [0.4, 0.5) is 0 Å². The smallest absolute Gasteiger partial charge is 0.163 e. The second kappa shape index (κ2) is 6.84. The van der Waals surface area contributed by atoms with Crippen LogP contribution in [0, 0.1) is 13.8 Å². The Bertz CT molecular complexity index is 1020. The van der Waals surface area contributed by atoms with Crippen LogP contribution in [0.3, 0.4) is 0 Å². The van der Waals surface area contributed by atoms with Gasteiger partial charge in [-0.15, -0.1) is 0 Å². The molecule has 126 valence electrons. The summed E-state index contributed by atoms with van der Waals surface area (Å²) in [7, 11) is 0. The van der Waals surface area contributed by atoms with Gasteiger partial charge in [0.25, 0.3) is 0 Å². The van der Waals surface area contributed by atoms with Gasteiger partial charge in [-0.2, -0.15) is 0 Å². The van der Waals surface area contributed by atoms with Gasteiger partial charge in [0.1, 0.15) is 11.6 Å². The lowest BCUT2D eigenvalue weighted by Crippen LogP contribution is -1.99. The summed E-state index contributed by atoms with van der Waals surface area (Å²) in [6.45, 7) is 3.78. The summed E-state index contributed by atoms with van der Waals surface area (Å²) in [4.78, 5) is 17.7. The molecule has 4 heteroatoms. The lowest BCUT2D eigenvalue weighted by atomic mass is 9.97. The summed E-state index contributed by atoms with van der Waals surface area (Å²) >= 11 is 0. The molecule has 0 fully saturated rings. The molecular formula is C22H18N4. The maximum Gasteiger partial charge on any atom is 0.163 e. The number of aromatic nitrogens is 4. The molecule has 0 saturated heterocycles. The van der Waals surface area contributed by atoms with E-state index in [1.54, 1.807) is 0 Å². The van der Waals surface area contributed by atoms with E-state index in [-0.39, 0.29) is 0 Å². The molecule has 0 N–H and O–H groups in total. The second-order valence-corrected chi connectivity index (χ2v) is 6.09. The van der Waals surface area contributed by atoms with Crippen molar-refractivity contribution in [2.45, 2.75) is 13.8 Å². The molecule has 0 saturated carbocycles. The van der Waals surface area contributed by atoms with Crippen molar-refractivity contribution in [3.63, 3.8) is 0 Å². The summed E-state index contributed by atoms with van der Waals surface area (Å²) in [5.74, 6) is 2.17. The van der Waals surface area contributed by atoms with Crippen LogP contribution in [0.1, 0.15) is 11.6 Å². The van der Waals surface area contributed by atoms with E-state index in [1.165, 1.54) is 0 Å². The molecule has 0 spiro atoms. The van der Waals surface area contributed by atoms with E-state index < -0.39 is 0 Å². The molecule has 0 aliphatic heterocycles. The minimum Gasteiger partial charge on any atom is -0.256 e. The molecule has 0 aliphatic carbocycles. The van der Waals surface area contributed by atoms with E-state index in [9.17, 15) is 0 Å². The van der Waals surface area contributed by atoms with Crippen molar-refractivity contribution in [3.05, 3.63) is 84.6 Å². The lowest BCUT2D eigenvalue weighted by Gasteiger charge is -2.10. The van der Waals surface area contributed by atoms with E-state index >= 15 is 0 Å². The fourth-order valence-electron chi connectivity index (χ4n) is 3.02. The molecule has 2 heterocycles. The van der Waals surface area contributed by atoms with Crippen LogP contribution in [-0.4, -0.2) is 19.9 Å². The molecule has 26 heavy (non-hydrogen) atoms. The highest BCUT2D eigenvalue weighted by molar-refractivity contribution is 5.81.